The molecular weight excluding hydrogens is 168 g/mol. The van der Waals surface area contributed by atoms with Gasteiger partial charge in [0.2, 0.25) is 0 Å². The van der Waals surface area contributed by atoms with Crippen LogP contribution in [-0.4, -0.2) is 22.2 Å². The van der Waals surface area contributed by atoms with Crippen LogP contribution in [0.15, 0.2) is 0 Å². The number of fused-ring (bicyclic) bond motifs is 1. The van der Waals surface area contributed by atoms with Gasteiger partial charge in [0, 0.05) is 5.25 Å². The molecule has 2 heterocycles. The van der Waals surface area contributed by atoms with E-state index in [9.17, 15) is 5.11 Å². The van der Waals surface area contributed by atoms with Crippen molar-refractivity contribution in [3.05, 3.63) is 0 Å². The Morgan fingerprint density at radius 3 is 2.75 bits per heavy atom. The van der Waals surface area contributed by atoms with Crippen LogP contribution in [0.25, 0.3) is 0 Å². The minimum Gasteiger partial charge on any atom is -0.392 e. The lowest BCUT2D eigenvalue weighted by Gasteiger charge is -2.41. The smallest absolute Gasteiger partial charge is 0.0687 e. The predicted octanol–water partition coefficient (Wildman–Crippen LogP) is 1.90. The van der Waals surface area contributed by atoms with Gasteiger partial charge in [-0.05, 0) is 49.2 Å². The van der Waals surface area contributed by atoms with Gasteiger partial charge in [-0.2, -0.15) is 11.8 Å². The minimum atomic E-state index is 0.0385. The van der Waals surface area contributed by atoms with Crippen molar-refractivity contribution in [1.29, 1.82) is 0 Å². The van der Waals surface area contributed by atoms with Gasteiger partial charge in [-0.25, -0.2) is 0 Å². The van der Waals surface area contributed by atoms with Crippen molar-refractivity contribution in [3.63, 3.8) is 0 Å². The van der Waals surface area contributed by atoms with E-state index >= 15 is 0 Å². The summed E-state index contributed by atoms with van der Waals surface area (Å²) in [6, 6.07) is 0. The van der Waals surface area contributed by atoms with Crippen LogP contribution >= 0.6 is 11.8 Å². The van der Waals surface area contributed by atoms with E-state index in [1.54, 1.807) is 0 Å². The van der Waals surface area contributed by atoms with Crippen LogP contribution in [0.5, 0.6) is 0 Å². The van der Waals surface area contributed by atoms with Crippen LogP contribution in [0.2, 0.25) is 0 Å². The molecule has 0 aromatic carbocycles. The number of hydrogen-bond donors (Lipinski definition) is 1. The largest absolute Gasteiger partial charge is 0.392 e. The van der Waals surface area contributed by atoms with Crippen LogP contribution in [0, 0.1) is 17.8 Å². The summed E-state index contributed by atoms with van der Waals surface area (Å²) in [7, 11) is 0. The van der Waals surface area contributed by atoms with Crippen LogP contribution < -0.4 is 0 Å². The summed E-state index contributed by atoms with van der Waals surface area (Å²) >= 11 is 2.05. The molecule has 0 spiro atoms. The summed E-state index contributed by atoms with van der Waals surface area (Å²) in [6.45, 7) is 0. The fraction of sp³-hybridized carbons (Fsp3) is 1.00. The molecule has 2 heteroatoms. The molecule has 12 heavy (non-hydrogen) atoms. The molecule has 0 aromatic rings. The lowest BCUT2D eigenvalue weighted by molar-refractivity contribution is 0.0181. The SMILES string of the molecule is O[C@H]1C2C[C@@H]3CC(CS2)C[C@@H]1C3. The Hall–Kier alpha value is 0.310. The molecule has 0 aromatic heterocycles. The quantitative estimate of drug-likeness (QED) is 0.620. The van der Waals surface area contributed by atoms with Crippen molar-refractivity contribution >= 4 is 11.8 Å². The van der Waals surface area contributed by atoms with Crippen molar-refractivity contribution in [1.82, 2.24) is 0 Å². The maximum atomic E-state index is 9.99. The fourth-order valence-electron chi connectivity index (χ4n) is 3.42. The average molecular weight is 184 g/mol. The summed E-state index contributed by atoms with van der Waals surface area (Å²) in [5.74, 6) is 3.91. The average Bonchev–Trinajstić information content (AvgIpc) is 2.27. The van der Waals surface area contributed by atoms with Crippen molar-refractivity contribution in [2.45, 2.75) is 37.0 Å². The van der Waals surface area contributed by atoms with E-state index in [0.717, 1.165) is 11.8 Å². The molecule has 0 radical (unpaired) electrons. The van der Waals surface area contributed by atoms with Crippen molar-refractivity contribution < 1.29 is 5.11 Å². The second-order valence-corrected chi connectivity index (χ2v) is 6.07. The van der Waals surface area contributed by atoms with Gasteiger partial charge in [0.15, 0.2) is 0 Å². The zero-order chi connectivity index (χ0) is 8.13. The highest BCUT2D eigenvalue weighted by atomic mass is 32.2. The van der Waals surface area contributed by atoms with Crippen LogP contribution in [-0.2, 0) is 0 Å². The van der Waals surface area contributed by atoms with E-state index in [2.05, 4.69) is 0 Å². The molecule has 2 aliphatic heterocycles. The van der Waals surface area contributed by atoms with E-state index in [1.807, 2.05) is 11.8 Å². The Morgan fingerprint density at radius 1 is 1.00 bits per heavy atom. The van der Waals surface area contributed by atoms with Gasteiger partial charge < -0.3 is 5.11 Å². The predicted molar refractivity (Wildman–Crippen MR) is 51.2 cm³/mol. The lowest BCUT2D eigenvalue weighted by atomic mass is 9.67. The Labute approximate surface area is 77.9 Å². The van der Waals surface area contributed by atoms with E-state index < -0.39 is 0 Å². The number of thioether (sulfide) groups is 1. The first-order chi connectivity index (χ1) is 5.83. The second-order valence-electron chi connectivity index (χ2n) is 4.80. The van der Waals surface area contributed by atoms with E-state index in [-0.39, 0.29) is 6.10 Å². The Bertz CT molecular complexity index is 186. The third kappa shape index (κ3) is 1.04. The highest BCUT2D eigenvalue weighted by Crippen LogP contribution is 2.50. The van der Waals surface area contributed by atoms with Crippen molar-refractivity contribution in [2.24, 2.45) is 17.8 Å². The zero-order valence-corrected chi connectivity index (χ0v) is 8.09. The Balaban J connectivity index is 1.92. The molecule has 2 saturated heterocycles. The second kappa shape index (κ2) is 2.65. The third-order valence-electron chi connectivity index (χ3n) is 3.91. The summed E-state index contributed by atoms with van der Waals surface area (Å²) in [4.78, 5) is 0. The molecule has 68 valence electrons. The summed E-state index contributed by atoms with van der Waals surface area (Å²) in [5.41, 5.74) is 0. The Kier molecular flexibility index (Phi) is 1.70. The molecule has 1 nitrogen and oxygen atoms in total. The standard InChI is InChI=1S/C10H16OS/c11-10-8-2-6-1-7(3-8)5-12-9(10)4-6/h6-11H,1-5H2/t6-,7?,8+,9?,10-/m1/s1. The molecule has 4 aliphatic rings. The third-order valence-corrected chi connectivity index (χ3v) is 5.48. The van der Waals surface area contributed by atoms with Gasteiger partial charge in [-0.1, -0.05) is 0 Å². The molecule has 0 amide bonds. The van der Waals surface area contributed by atoms with E-state index in [0.29, 0.717) is 11.2 Å². The first-order valence-corrected chi connectivity index (χ1v) is 6.17. The van der Waals surface area contributed by atoms with Crippen molar-refractivity contribution in [2.75, 3.05) is 5.75 Å². The van der Waals surface area contributed by atoms with E-state index in [4.69, 9.17) is 0 Å². The summed E-state index contributed by atoms with van der Waals surface area (Å²) < 4.78 is 0. The molecule has 4 rings (SSSR count). The topological polar surface area (TPSA) is 20.2 Å². The zero-order valence-electron chi connectivity index (χ0n) is 7.28. The maximum absolute atomic E-state index is 9.99. The number of aliphatic hydroxyl groups is 1. The molecule has 2 unspecified atom stereocenters. The van der Waals surface area contributed by atoms with Gasteiger partial charge in [0.25, 0.3) is 0 Å². The Morgan fingerprint density at radius 2 is 1.83 bits per heavy atom. The van der Waals surface area contributed by atoms with Crippen molar-refractivity contribution in [3.8, 4) is 0 Å². The highest BCUT2D eigenvalue weighted by molar-refractivity contribution is 8.00. The van der Waals surface area contributed by atoms with Gasteiger partial charge in [-0.3, -0.25) is 0 Å². The summed E-state index contributed by atoms with van der Waals surface area (Å²) in [5, 5.41) is 10.6. The molecule has 4 fully saturated rings. The number of aliphatic hydroxyl groups excluding tert-OH is 1. The van der Waals surface area contributed by atoms with Gasteiger partial charge in [0.05, 0.1) is 6.10 Å². The molecule has 4 bridgehead atoms. The lowest BCUT2D eigenvalue weighted by Crippen LogP contribution is -2.40. The molecular formula is C10H16OS. The molecule has 5 atom stereocenters. The van der Waals surface area contributed by atoms with Crippen LogP contribution in [0.4, 0.5) is 0 Å². The molecule has 2 aliphatic carbocycles. The van der Waals surface area contributed by atoms with Gasteiger partial charge in [0.1, 0.15) is 0 Å². The minimum absolute atomic E-state index is 0.0385. The van der Waals surface area contributed by atoms with Crippen LogP contribution in [0.3, 0.4) is 0 Å². The number of rotatable bonds is 0. The highest BCUT2D eigenvalue weighted by Gasteiger charge is 2.44. The maximum Gasteiger partial charge on any atom is 0.0687 e. The van der Waals surface area contributed by atoms with Gasteiger partial charge >= 0.3 is 0 Å². The first-order valence-electron chi connectivity index (χ1n) is 5.12. The number of hydrogen-bond acceptors (Lipinski definition) is 2. The fourth-order valence-corrected chi connectivity index (χ4v) is 5.04. The summed E-state index contributed by atoms with van der Waals surface area (Å²) in [6.07, 6.45) is 5.46. The normalized spacial score (nSPS) is 57.2. The van der Waals surface area contributed by atoms with Gasteiger partial charge in [-0.15, -0.1) is 0 Å². The first kappa shape index (κ1) is 7.69. The van der Waals surface area contributed by atoms with E-state index in [1.165, 1.54) is 31.4 Å². The molecule has 1 N–H and O–H groups in total. The molecule has 2 saturated carbocycles. The van der Waals surface area contributed by atoms with Crippen LogP contribution in [0.1, 0.15) is 25.7 Å². The monoisotopic (exact) mass is 184 g/mol.